The van der Waals surface area contributed by atoms with Gasteiger partial charge in [-0.05, 0) is 23.6 Å². The lowest BCUT2D eigenvalue weighted by Gasteiger charge is -2.36. The summed E-state index contributed by atoms with van der Waals surface area (Å²) in [7, 11) is 0. The van der Waals surface area contributed by atoms with E-state index >= 15 is 0 Å². The summed E-state index contributed by atoms with van der Waals surface area (Å²) in [5.74, 6) is 2.14. The van der Waals surface area contributed by atoms with Crippen LogP contribution in [0.3, 0.4) is 0 Å². The van der Waals surface area contributed by atoms with Gasteiger partial charge in [0, 0.05) is 18.1 Å². The average Bonchev–Trinajstić information content (AvgIpc) is 3.00. The van der Waals surface area contributed by atoms with Crippen molar-refractivity contribution in [2.45, 2.75) is 26.8 Å². The molecule has 0 atom stereocenters. The number of rotatable bonds is 4. The standard InChI is InChI=1S/C17H21ClN4O/c1-12(2)11-22-15(9-16(23)21-8-7-19-17(21)22)20-10-13-3-5-14(18)6-4-13/h3-6,12H,7-11H2,1-2H3. The van der Waals surface area contributed by atoms with Crippen LogP contribution in [0, 0.1) is 5.92 Å². The van der Waals surface area contributed by atoms with Crippen LogP contribution in [0.1, 0.15) is 25.8 Å². The molecular weight excluding hydrogens is 312 g/mol. The van der Waals surface area contributed by atoms with E-state index in [1.165, 1.54) is 0 Å². The Kier molecular flexibility index (Phi) is 4.66. The van der Waals surface area contributed by atoms with Crippen LogP contribution in [0.5, 0.6) is 0 Å². The molecule has 0 spiro atoms. The lowest BCUT2D eigenvalue weighted by atomic mass is 10.1. The number of halogens is 1. The predicted molar refractivity (Wildman–Crippen MR) is 92.8 cm³/mol. The van der Waals surface area contributed by atoms with E-state index in [1.54, 1.807) is 4.90 Å². The highest BCUT2D eigenvalue weighted by Gasteiger charge is 2.36. The summed E-state index contributed by atoms with van der Waals surface area (Å²) >= 11 is 5.91. The largest absolute Gasteiger partial charge is 0.300 e. The SMILES string of the molecule is CC(C)CN1C(=NCc2ccc(Cl)cc2)CC(=O)N2CCN=C21. The van der Waals surface area contributed by atoms with Gasteiger partial charge in [0.2, 0.25) is 11.9 Å². The molecule has 2 heterocycles. The Morgan fingerprint density at radius 1 is 1.30 bits per heavy atom. The molecule has 23 heavy (non-hydrogen) atoms. The van der Waals surface area contributed by atoms with Crippen molar-refractivity contribution in [1.29, 1.82) is 0 Å². The molecule has 0 N–H and O–H groups in total. The van der Waals surface area contributed by atoms with Gasteiger partial charge in [-0.25, -0.2) is 0 Å². The summed E-state index contributed by atoms with van der Waals surface area (Å²) in [6, 6.07) is 7.64. The number of aliphatic imine (C=N–C) groups is 2. The Bertz CT molecular complexity index is 651. The van der Waals surface area contributed by atoms with E-state index in [4.69, 9.17) is 16.6 Å². The topological polar surface area (TPSA) is 48.3 Å². The molecule has 0 radical (unpaired) electrons. The quantitative estimate of drug-likeness (QED) is 0.851. The molecule has 0 unspecified atom stereocenters. The van der Waals surface area contributed by atoms with Crippen LogP contribution >= 0.6 is 11.6 Å². The number of fused-ring (bicyclic) bond motifs is 1. The molecule has 0 bridgehead atoms. The lowest BCUT2D eigenvalue weighted by Crippen LogP contribution is -2.55. The van der Waals surface area contributed by atoms with E-state index in [0.717, 1.165) is 23.9 Å². The lowest BCUT2D eigenvalue weighted by molar-refractivity contribution is -0.126. The maximum Gasteiger partial charge on any atom is 0.236 e. The number of carbonyl (C=O) groups is 1. The van der Waals surface area contributed by atoms with Crippen LogP contribution < -0.4 is 0 Å². The summed E-state index contributed by atoms with van der Waals surface area (Å²) in [6.45, 7) is 7.05. The monoisotopic (exact) mass is 332 g/mol. The molecule has 2 aliphatic heterocycles. The predicted octanol–water partition coefficient (Wildman–Crippen LogP) is 2.80. The van der Waals surface area contributed by atoms with Gasteiger partial charge in [-0.1, -0.05) is 37.6 Å². The molecule has 122 valence electrons. The Balaban J connectivity index is 1.83. The summed E-state index contributed by atoms with van der Waals surface area (Å²) in [5, 5.41) is 0.714. The van der Waals surface area contributed by atoms with Gasteiger partial charge in [0.15, 0.2) is 0 Å². The molecule has 1 saturated heterocycles. The molecular formula is C17H21ClN4O. The first kappa shape index (κ1) is 16.0. The van der Waals surface area contributed by atoms with Crippen molar-refractivity contribution in [2.24, 2.45) is 15.9 Å². The van der Waals surface area contributed by atoms with Crippen LogP contribution in [0.25, 0.3) is 0 Å². The van der Waals surface area contributed by atoms with Crippen LogP contribution in [0.2, 0.25) is 5.02 Å². The normalized spacial score (nSPS) is 19.6. The van der Waals surface area contributed by atoms with Crippen molar-refractivity contribution in [2.75, 3.05) is 19.6 Å². The number of carbonyl (C=O) groups excluding carboxylic acids is 1. The third-order valence-corrected chi connectivity index (χ3v) is 4.14. The zero-order valence-corrected chi connectivity index (χ0v) is 14.3. The van der Waals surface area contributed by atoms with Gasteiger partial charge in [0.25, 0.3) is 0 Å². The Hall–Kier alpha value is -1.88. The van der Waals surface area contributed by atoms with E-state index < -0.39 is 0 Å². The number of amides is 1. The van der Waals surface area contributed by atoms with Gasteiger partial charge >= 0.3 is 0 Å². The third-order valence-electron chi connectivity index (χ3n) is 3.89. The first-order valence-electron chi connectivity index (χ1n) is 7.94. The first-order valence-corrected chi connectivity index (χ1v) is 8.32. The van der Waals surface area contributed by atoms with Gasteiger partial charge in [-0.15, -0.1) is 0 Å². The van der Waals surface area contributed by atoms with E-state index in [2.05, 4.69) is 23.7 Å². The second-order valence-corrected chi connectivity index (χ2v) is 6.70. The minimum Gasteiger partial charge on any atom is -0.300 e. The highest BCUT2D eigenvalue weighted by molar-refractivity contribution is 6.30. The van der Waals surface area contributed by atoms with Gasteiger partial charge in [-0.2, -0.15) is 0 Å². The van der Waals surface area contributed by atoms with Crippen molar-refractivity contribution in [3.63, 3.8) is 0 Å². The number of nitrogens with zero attached hydrogens (tertiary/aromatic N) is 4. The third kappa shape index (κ3) is 3.55. The zero-order chi connectivity index (χ0) is 16.4. The number of hydrogen-bond acceptors (Lipinski definition) is 3. The fourth-order valence-corrected chi connectivity index (χ4v) is 2.94. The maximum atomic E-state index is 12.3. The van der Waals surface area contributed by atoms with Crippen molar-refractivity contribution in [1.82, 2.24) is 9.80 Å². The second kappa shape index (κ2) is 6.71. The number of amidine groups is 1. The van der Waals surface area contributed by atoms with Crippen LogP contribution in [-0.2, 0) is 11.3 Å². The van der Waals surface area contributed by atoms with E-state index in [-0.39, 0.29) is 5.91 Å². The van der Waals surface area contributed by atoms with Crippen LogP contribution in [-0.4, -0.2) is 47.1 Å². The highest BCUT2D eigenvalue weighted by atomic mass is 35.5. The zero-order valence-electron chi connectivity index (χ0n) is 13.5. The molecule has 1 aromatic carbocycles. The molecule has 2 aliphatic rings. The Labute approximate surface area is 141 Å². The van der Waals surface area contributed by atoms with Crippen molar-refractivity contribution >= 4 is 29.3 Å². The van der Waals surface area contributed by atoms with Gasteiger partial charge < -0.3 is 0 Å². The maximum absolute atomic E-state index is 12.3. The fourth-order valence-electron chi connectivity index (χ4n) is 2.81. The summed E-state index contributed by atoms with van der Waals surface area (Å²) in [4.78, 5) is 25.4. The van der Waals surface area contributed by atoms with E-state index in [1.807, 2.05) is 24.3 Å². The number of hydrogen-bond donors (Lipinski definition) is 0. The minimum absolute atomic E-state index is 0.0936. The average molecular weight is 333 g/mol. The Morgan fingerprint density at radius 3 is 2.74 bits per heavy atom. The van der Waals surface area contributed by atoms with Crippen LogP contribution in [0.15, 0.2) is 34.3 Å². The van der Waals surface area contributed by atoms with Gasteiger partial charge in [-0.3, -0.25) is 24.6 Å². The molecule has 3 rings (SSSR count). The highest BCUT2D eigenvalue weighted by Crippen LogP contribution is 2.19. The van der Waals surface area contributed by atoms with E-state index in [0.29, 0.717) is 37.0 Å². The molecule has 5 nitrogen and oxygen atoms in total. The van der Waals surface area contributed by atoms with Gasteiger partial charge in [0.1, 0.15) is 5.84 Å². The van der Waals surface area contributed by atoms with Crippen molar-refractivity contribution < 1.29 is 4.79 Å². The second-order valence-electron chi connectivity index (χ2n) is 6.27. The first-order chi connectivity index (χ1) is 11.0. The number of benzene rings is 1. The van der Waals surface area contributed by atoms with Gasteiger partial charge in [0.05, 0.1) is 19.5 Å². The molecule has 1 aromatic rings. The Morgan fingerprint density at radius 2 is 2.04 bits per heavy atom. The molecule has 1 fully saturated rings. The molecule has 0 aromatic heterocycles. The number of guanidine groups is 1. The van der Waals surface area contributed by atoms with Crippen molar-refractivity contribution in [3.05, 3.63) is 34.9 Å². The van der Waals surface area contributed by atoms with Crippen LogP contribution in [0.4, 0.5) is 0 Å². The molecule has 0 aliphatic carbocycles. The minimum atomic E-state index is 0.0936. The summed E-state index contributed by atoms with van der Waals surface area (Å²) in [5.41, 5.74) is 1.08. The molecule has 0 saturated carbocycles. The fraction of sp³-hybridized carbons (Fsp3) is 0.471. The smallest absolute Gasteiger partial charge is 0.236 e. The molecule has 6 heteroatoms. The van der Waals surface area contributed by atoms with E-state index in [9.17, 15) is 4.79 Å². The van der Waals surface area contributed by atoms with Crippen molar-refractivity contribution in [3.8, 4) is 0 Å². The summed E-state index contributed by atoms with van der Waals surface area (Å²) < 4.78 is 0. The molecule has 1 amide bonds. The summed E-state index contributed by atoms with van der Waals surface area (Å²) in [6.07, 6.45) is 0.347.